The smallest absolute Gasteiger partial charge is 0.148 e. The average Bonchev–Trinajstić information content (AvgIpc) is 2.70. The summed E-state index contributed by atoms with van der Waals surface area (Å²) in [5.41, 5.74) is 7.91. The average molecular weight is 451 g/mol. The van der Waals surface area contributed by atoms with E-state index in [1.54, 1.807) is 23.5 Å². The lowest BCUT2D eigenvalue weighted by atomic mass is 10.0. The number of nitrogens with two attached hydrogens (primary N) is 2. The van der Waals surface area contributed by atoms with Gasteiger partial charge in [0.15, 0.2) is 0 Å². The molecule has 4 N–H and O–H groups in total. The molecule has 2 aromatic rings. The number of hydrogen-bond acceptors (Lipinski definition) is 2. The van der Waals surface area contributed by atoms with Gasteiger partial charge in [-0.1, -0.05) is 36.4 Å². The fourth-order valence-corrected chi connectivity index (χ4v) is 3.88. The van der Waals surface area contributed by atoms with E-state index in [2.05, 4.69) is 107 Å². The maximum absolute atomic E-state index is 2.18. The fourth-order valence-electron chi connectivity index (χ4n) is 2.96. The first-order valence-electron chi connectivity index (χ1n) is 8.51. The van der Waals surface area contributed by atoms with Gasteiger partial charge in [0.1, 0.15) is 11.4 Å². The van der Waals surface area contributed by atoms with Crippen LogP contribution < -0.4 is 35.4 Å². The van der Waals surface area contributed by atoms with Crippen LogP contribution in [0.3, 0.4) is 0 Å². The maximum atomic E-state index is 2.18. The number of thioether (sulfide) groups is 2. The van der Waals surface area contributed by atoms with E-state index >= 15 is 0 Å². The molecule has 4 rings (SSSR count). The second-order valence-corrected chi connectivity index (χ2v) is 7.26. The molecule has 0 radical (unpaired) electrons. The van der Waals surface area contributed by atoms with Crippen molar-refractivity contribution in [3.63, 3.8) is 0 Å². The Balaban J connectivity index is 0.000000261. The summed E-state index contributed by atoms with van der Waals surface area (Å²) in [6, 6.07) is 16.9. The number of quaternary nitrogens is 2. The van der Waals surface area contributed by atoms with Gasteiger partial charge >= 0.3 is 0 Å². The van der Waals surface area contributed by atoms with E-state index in [4.69, 9.17) is 0 Å². The van der Waals surface area contributed by atoms with E-state index in [0.717, 1.165) is 0 Å². The lowest BCUT2D eigenvalue weighted by Crippen LogP contribution is -3.00. The standard InChI is InChI=1S/2C11H11NS.2ClH/c2*1-13-8-11-10-5-3-2-4-9(10)6-7-12-11;;/h2*2-8,12H,1H3;2*1H. The molecule has 0 bridgehead atoms. The van der Waals surface area contributed by atoms with Crippen molar-refractivity contribution in [2.45, 2.75) is 0 Å². The Hall–Kier alpha value is -1.40. The molecule has 0 fully saturated rings. The van der Waals surface area contributed by atoms with Crippen LogP contribution >= 0.6 is 23.5 Å². The minimum Gasteiger partial charge on any atom is -1.00 e. The van der Waals surface area contributed by atoms with Crippen molar-refractivity contribution in [3.8, 4) is 0 Å². The van der Waals surface area contributed by atoms with Crippen LogP contribution in [-0.2, 0) is 0 Å². The van der Waals surface area contributed by atoms with Crippen LogP contribution in [-0.4, -0.2) is 12.5 Å². The van der Waals surface area contributed by atoms with E-state index < -0.39 is 0 Å². The Morgan fingerprint density at radius 1 is 0.643 bits per heavy atom. The Morgan fingerprint density at radius 3 is 1.43 bits per heavy atom. The van der Waals surface area contributed by atoms with Gasteiger partial charge in [-0.3, -0.25) is 10.6 Å². The first-order chi connectivity index (χ1) is 12.8. The van der Waals surface area contributed by atoms with Crippen molar-refractivity contribution < 1.29 is 35.4 Å². The van der Waals surface area contributed by atoms with E-state index in [0.29, 0.717) is 0 Å². The second-order valence-electron chi connectivity index (χ2n) is 5.84. The van der Waals surface area contributed by atoms with Crippen molar-refractivity contribution >= 4 is 47.1 Å². The highest BCUT2D eigenvalue weighted by atomic mass is 35.5. The Labute approximate surface area is 188 Å². The predicted octanol–water partition coefficient (Wildman–Crippen LogP) is -2.20. The highest BCUT2D eigenvalue weighted by Gasteiger charge is 2.12. The van der Waals surface area contributed by atoms with Gasteiger partial charge in [-0.05, 0) is 47.9 Å². The molecule has 0 aromatic heterocycles. The van der Waals surface area contributed by atoms with Gasteiger partial charge in [0, 0.05) is 21.9 Å². The minimum absolute atomic E-state index is 0. The Bertz CT molecular complexity index is 816. The zero-order valence-corrected chi connectivity index (χ0v) is 19.0. The highest BCUT2D eigenvalue weighted by molar-refractivity contribution is 8.01. The summed E-state index contributed by atoms with van der Waals surface area (Å²) in [6.45, 7) is 0. The van der Waals surface area contributed by atoms with Gasteiger partial charge in [0.2, 0.25) is 0 Å². The molecule has 0 atom stereocenters. The van der Waals surface area contributed by atoms with Crippen LogP contribution in [0.1, 0.15) is 22.3 Å². The minimum atomic E-state index is 0. The van der Waals surface area contributed by atoms with Crippen molar-refractivity contribution in [2.75, 3.05) is 12.5 Å². The number of fused-ring (bicyclic) bond motifs is 2. The van der Waals surface area contributed by atoms with Gasteiger partial charge in [0.05, 0.1) is 12.4 Å². The van der Waals surface area contributed by atoms with Crippen LogP contribution in [0.25, 0.3) is 23.5 Å². The molecule has 0 unspecified atom stereocenters. The molecule has 2 aliphatic heterocycles. The second kappa shape index (κ2) is 12.9. The molecule has 2 heterocycles. The summed E-state index contributed by atoms with van der Waals surface area (Å²) in [5, 5.41) is 8.67. The molecule has 2 aromatic carbocycles. The highest BCUT2D eigenvalue weighted by Crippen LogP contribution is 2.20. The zero-order chi connectivity index (χ0) is 18.2. The Kier molecular flexibility index (Phi) is 11.4. The number of rotatable bonds is 2. The van der Waals surface area contributed by atoms with Crippen molar-refractivity contribution in [1.82, 2.24) is 0 Å². The molecule has 0 aliphatic carbocycles. The van der Waals surface area contributed by atoms with Crippen molar-refractivity contribution in [3.05, 3.63) is 94.0 Å². The third-order valence-corrected chi connectivity index (χ3v) is 5.12. The molecular formula is C22H24Cl2N2S2. The first kappa shape index (κ1) is 24.6. The normalized spacial score (nSPS) is 16.2. The molecule has 0 saturated heterocycles. The fraction of sp³-hybridized carbons (Fsp3) is 0.0909. The van der Waals surface area contributed by atoms with Gasteiger partial charge in [-0.2, -0.15) is 0 Å². The topological polar surface area (TPSA) is 33.2 Å². The molecule has 0 amide bonds. The maximum Gasteiger partial charge on any atom is 0.148 e. The summed E-state index contributed by atoms with van der Waals surface area (Å²) in [5.74, 6) is 0. The van der Waals surface area contributed by atoms with Crippen molar-refractivity contribution in [1.29, 1.82) is 0 Å². The molecule has 0 saturated carbocycles. The van der Waals surface area contributed by atoms with E-state index in [1.807, 2.05) is 0 Å². The quantitative estimate of drug-likeness (QED) is 0.544. The van der Waals surface area contributed by atoms with Crippen molar-refractivity contribution in [2.24, 2.45) is 0 Å². The molecule has 2 aliphatic rings. The summed E-state index contributed by atoms with van der Waals surface area (Å²) >= 11 is 3.49. The lowest BCUT2D eigenvalue weighted by molar-refractivity contribution is -0.486. The molecule has 2 nitrogen and oxygen atoms in total. The lowest BCUT2D eigenvalue weighted by Gasteiger charge is -2.10. The third-order valence-electron chi connectivity index (χ3n) is 4.14. The monoisotopic (exact) mass is 450 g/mol. The van der Waals surface area contributed by atoms with E-state index in [9.17, 15) is 0 Å². The summed E-state index contributed by atoms with van der Waals surface area (Å²) < 4.78 is 0. The van der Waals surface area contributed by atoms with Crippen LogP contribution in [0.4, 0.5) is 0 Å². The SMILES string of the molecule is CSC=C1[NH2+]C=Cc2ccccc21.CSC=C1[NH2+]C=Cc2ccccc21.[Cl-].[Cl-]. The molecule has 6 heteroatoms. The first-order valence-corrected chi connectivity index (χ1v) is 11.1. The summed E-state index contributed by atoms with van der Waals surface area (Å²) in [6.07, 6.45) is 12.7. The van der Waals surface area contributed by atoms with Crippen LogP contribution in [0.5, 0.6) is 0 Å². The molecular weight excluding hydrogens is 427 g/mol. The van der Waals surface area contributed by atoms with Gasteiger partial charge < -0.3 is 24.8 Å². The molecule has 0 spiro atoms. The summed E-state index contributed by atoms with van der Waals surface area (Å²) in [4.78, 5) is 0. The van der Waals surface area contributed by atoms with Gasteiger partial charge in [0.25, 0.3) is 0 Å². The van der Waals surface area contributed by atoms with Crippen LogP contribution in [0.15, 0.2) is 71.7 Å². The van der Waals surface area contributed by atoms with E-state index in [1.165, 1.54) is 33.6 Å². The molecule has 148 valence electrons. The largest absolute Gasteiger partial charge is 1.00 e. The van der Waals surface area contributed by atoms with Gasteiger partial charge in [-0.15, -0.1) is 23.5 Å². The third kappa shape index (κ3) is 6.31. The zero-order valence-electron chi connectivity index (χ0n) is 15.8. The number of halogens is 2. The number of benzene rings is 2. The predicted molar refractivity (Wildman–Crippen MR) is 118 cm³/mol. The number of hydrogen-bond donors (Lipinski definition) is 2. The van der Waals surface area contributed by atoms with Crippen LogP contribution in [0, 0.1) is 0 Å². The van der Waals surface area contributed by atoms with Gasteiger partial charge in [-0.25, -0.2) is 0 Å². The van der Waals surface area contributed by atoms with E-state index in [-0.39, 0.29) is 24.8 Å². The Morgan fingerprint density at radius 2 is 1.04 bits per heavy atom. The molecule has 28 heavy (non-hydrogen) atoms. The summed E-state index contributed by atoms with van der Waals surface area (Å²) in [7, 11) is 0. The van der Waals surface area contributed by atoms with Crippen LogP contribution in [0.2, 0.25) is 0 Å².